The third-order valence-electron chi connectivity index (χ3n) is 5.02. The third kappa shape index (κ3) is 4.57. The van der Waals surface area contributed by atoms with E-state index in [4.69, 9.17) is 4.74 Å². The standard InChI is InChI=1S/C24H19FN6O2S/c1-30-13-12-26-21(30)15-33-19-10-6-17(7-11-19)27-24(32)22-28-23(20-3-2-14-34-20)31(29-22)18-8-4-16(25)5-9-18/h2-14H,15H2,1H3,(H,27,32). The maximum absolute atomic E-state index is 13.4. The van der Waals surface area contributed by atoms with Crippen LogP contribution in [0.5, 0.6) is 5.75 Å². The Bertz CT molecular complexity index is 1410. The van der Waals surface area contributed by atoms with E-state index < -0.39 is 5.91 Å². The second-order valence-electron chi connectivity index (χ2n) is 7.35. The Kier molecular flexibility index (Phi) is 5.88. The molecule has 5 aromatic rings. The van der Waals surface area contributed by atoms with Crippen LogP contribution in [0.15, 0.2) is 78.4 Å². The summed E-state index contributed by atoms with van der Waals surface area (Å²) in [7, 11) is 1.90. The molecule has 170 valence electrons. The first-order valence-corrected chi connectivity index (χ1v) is 11.2. The topological polar surface area (TPSA) is 86.9 Å². The summed E-state index contributed by atoms with van der Waals surface area (Å²) in [6, 6.07) is 16.6. The van der Waals surface area contributed by atoms with Crippen LogP contribution in [-0.2, 0) is 13.7 Å². The number of carbonyl (C=O) groups excluding carboxylic acids is 1. The molecule has 0 unspecified atom stereocenters. The summed E-state index contributed by atoms with van der Waals surface area (Å²) >= 11 is 1.47. The Morgan fingerprint density at radius 2 is 1.91 bits per heavy atom. The largest absolute Gasteiger partial charge is 0.486 e. The number of benzene rings is 2. The lowest BCUT2D eigenvalue weighted by molar-refractivity contribution is 0.101. The molecule has 0 atom stereocenters. The number of halogens is 1. The zero-order chi connectivity index (χ0) is 23.5. The zero-order valence-corrected chi connectivity index (χ0v) is 18.9. The molecule has 0 spiro atoms. The number of ether oxygens (including phenoxy) is 1. The van der Waals surface area contributed by atoms with Crippen LogP contribution in [0.4, 0.5) is 10.1 Å². The summed E-state index contributed by atoms with van der Waals surface area (Å²) in [5.41, 5.74) is 1.18. The summed E-state index contributed by atoms with van der Waals surface area (Å²) in [6.45, 7) is 0.339. The summed E-state index contributed by atoms with van der Waals surface area (Å²) in [6.07, 6.45) is 3.57. The number of aryl methyl sites for hydroxylation is 1. The molecular formula is C24H19FN6O2S. The molecule has 3 aromatic heterocycles. The van der Waals surface area contributed by atoms with Crippen LogP contribution >= 0.6 is 11.3 Å². The molecule has 0 fully saturated rings. The Morgan fingerprint density at radius 3 is 2.59 bits per heavy atom. The smallest absolute Gasteiger partial charge is 0.295 e. The first kappa shape index (κ1) is 21.5. The van der Waals surface area contributed by atoms with Crippen molar-refractivity contribution in [1.29, 1.82) is 0 Å². The van der Waals surface area contributed by atoms with E-state index in [1.807, 2.05) is 35.3 Å². The Balaban J connectivity index is 1.33. The van der Waals surface area contributed by atoms with Gasteiger partial charge < -0.3 is 14.6 Å². The predicted octanol–water partition coefficient (Wildman–Crippen LogP) is 4.70. The van der Waals surface area contributed by atoms with E-state index >= 15 is 0 Å². The number of aromatic nitrogens is 5. The quantitative estimate of drug-likeness (QED) is 0.370. The van der Waals surface area contributed by atoms with E-state index in [0.29, 0.717) is 29.6 Å². The molecule has 34 heavy (non-hydrogen) atoms. The van der Waals surface area contributed by atoms with Crippen molar-refractivity contribution in [3.05, 3.63) is 95.9 Å². The van der Waals surface area contributed by atoms with E-state index in [1.165, 1.54) is 28.2 Å². The summed E-state index contributed by atoms with van der Waals surface area (Å²) in [5, 5.41) is 9.11. The van der Waals surface area contributed by atoms with Crippen molar-refractivity contribution in [2.24, 2.45) is 7.05 Å². The molecule has 0 radical (unpaired) electrons. The van der Waals surface area contributed by atoms with Crippen LogP contribution in [0.3, 0.4) is 0 Å². The number of hydrogen-bond donors (Lipinski definition) is 1. The molecule has 2 aromatic carbocycles. The number of anilines is 1. The number of rotatable bonds is 7. The van der Waals surface area contributed by atoms with Gasteiger partial charge in [0.2, 0.25) is 5.82 Å². The lowest BCUT2D eigenvalue weighted by Gasteiger charge is -2.07. The highest BCUT2D eigenvalue weighted by molar-refractivity contribution is 7.13. The van der Waals surface area contributed by atoms with Crippen LogP contribution in [0, 0.1) is 5.82 Å². The highest BCUT2D eigenvalue weighted by Gasteiger charge is 2.19. The molecule has 1 amide bonds. The number of imidazole rings is 1. The maximum atomic E-state index is 13.4. The lowest BCUT2D eigenvalue weighted by atomic mass is 10.3. The first-order chi connectivity index (χ1) is 16.6. The number of thiophene rings is 1. The molecule has 0 aliphatic rings. The van der Waals surface area contributed by atoms with Gasteiger partial charge in [0.1, 0.15) is 24.0 Å². The Labute approximate surface area is 198 Å². The number of hydrogen-bond acceptors (Lipinski definition) is 6. The predicted molar refractivity (Wildman–Crippen MR) is 127 cm³/mol. The molecule has 8 nitrogen and oxygen atoms in total. The highest BCUT2D eigenvalue weighted by atomic mass is 32.1. The number of amides is 1. The van der Waals surface area contributed by atoms with Gasteiger partial charge in [-0.2, -0.15) is 0 Å². The number of carbonyl (C=O) groups is 1. The van der Waals surface area contributed by atoms with Crippen molar-refractivity contribution in [3.8, 4) is 22.1 Å². The van der Waals surface area contributed by atoms with Crippen molar-refractivity contribution in [2.45, 2.75) is 6.61 Å². The fourth-order valence-corrected chi connectivity index (χ4v) is 3.94. The molecule has 1 N–H and O–H groups in total. The molecule has 3 heterocycles. The first-order valence-electron chi connectivity index (χ1n) is 10.3. The summed E-state index contributed by atoms with van der Waals surface area (Å²) < 4.78 is 22.6. The summed E-state index contributed by atoms with van der Waals surface area (Å²) in [5.74, 6) is 1.15. The second-order valence-corrected chi connectivity index (χ2v) is 8.29. The average molecular weight is 475 g/mol. The Morgan fingerprint density at radius 1 is 1.12 bits per heavy atom. The minimum Gasteiger partial charge on any atom is -0.486 e. The van der Waals surface area contributed by atoms with Crippen molar-refractivity contribution in [3.63, 3.8) is 0 Å². The van der Waals surface area contributed by atoms with Gasteiger partial charge in [0.05, 0.1) is 10.6 Å². The van der Waals surface area contributed by atoms with Crippen LogP contribution < -0.4 is 10.1 Å². The van der Waals surface area contributed by atoms with Gasteiger partial charge >= 0.3 is 0 Å². The molecule has 10 heteroatoms. The minimum absolute atomic E-state index is 0.00262. The molecule has 0 bridgehead atoms. The molecular weight excluding hydrogens is 455 g/mol. The second kappa shape index (κ2) is 9.28. The van der Waals surface area contributed by atoms with Gasteiger partial charge in [-0.1, -0.05) is 6.07 Å². The van der Waals surface area contributed by atoms with Gasteiger partial charge in [0, 0.05) is 25.1 Å². The fraction of sp³-hybridized carbons (Fsp3) is 0.0833. The minimum atomic E-state index is -0.458. The monoisotopic (exact) mass is 474 g/mol. The number of nitrogens with one attached hydrogen (secondary N) is 1. The Hall–Kier alpha value is -4.31. The fourth-order valence-electron chi connectivity index (χ4n) is 3.24. The molecule has 0 saturated heterocycles. The molecule has 5 rings (SSSR count). The van der Waals surface area contributed by atoms with E-state index in [2.05, 4.69) is 20.4 Å². The number of nitrogens with zero attached hydrogens (tertiary/aromatic N) is 5. The lowest BCUT2D eigenvalue weighted by Crippen LogP contribution is -2.14. The van der Waals surface area contributed by atoms with Crippen molar-refractivity contribution >= 4 is 22.9 Å². The van der Waals surface area contributed by atoms with Gasteiger partial charge in [0.15, 0.2) is 5.82 Å². The van der Waals surface area contributed by atoms with Crippen LogP contribution in [0.2, 0.25) is 0 Å². The normalized spacial score (nSPS) is 10.9. The third-order valence-corrected chi connectivity index (χ3v) is 5.89. The maximum Gasteiger partial charge on any atom is 0.295 e. The van der Waals surface area contributed by atoms with Crippen molar-refractivity contribution in [2.75, 3.05) is 5.32 Å². The molecule has 0 saturated carbocycles. The zero-order valence-electron chi connectivity index (χ0n) is 18.1. The van der Waals surface area contributed by atoms with Crippen molar-refractivity contribution < 1.29 is 13.9 Å². The molecule has 0 aliphatic carbocycles. The summed E-state index contributed by atoms with van der Waals surface area (Å²) in [4.78, 5) is 22.4. The van der Waals surface area contributed by atoms with Crippen LogP contribution in [0.1, 0.15) is 16.4 Å². The van der Waals surface area contributed by atoms with E-state index in [1.54, 1.807) is 42.6 Å². The van der Waals surface area contributed by atoms with E-state index in [-0.39, 0.29) is 11.6 Å². The highest BCUT2D eigenvalue weighted by Crippen LogP contribution is 2.26. The van der Waals surface area contributed by atoms with Gasteiger partial charge in [-0.25, -0.2) is 19.0 Å². The van der Waals surface area contributed by atoms with Crippen molar-refractivity contribution in [1.82, 2.24) is 24.3 Å². The average Bonchev–Trinajstić information content (AvgIpc) is 3.60. The van der Waals surface area contributed by atoms with E-state index in [9.17, 15) is 9.18 Å². The van der Waals surface area contributed by atoms with E-state index in [0.717, 1.165) is 10.7 Å². The van der Waals surface area contributed by atoms with Crippen LogP contribution in [-0.4, -0.2) is 30.2 Å². The van der Waals surface area contributed by atoms with Gasteiger partial charge in [-0.3, -0.25) is 4.79 Å². The van der Waals surface area contributed by atoms with Gasteiger partial charge in [-0.05, 0) is 60.0 Å². The van der Waals surface area contributed by atoms with Gasteiger partial charge in [0.25, 0.3) is 5.91 Å². The molecule has 0 aliphatic heterocycles. The van der Waals surface area contributed by atoms with Gasteiger partial charge in [-0.15, -0.1) is 16.4 Å². The SMILES string of the molecule is Cn1ccnc1COc1ccc(NC(=O)c2nc(-c3cccs3)n(-c3ccc(F)cc3)n2)cc1. The van der Waals surface area contributed by atoms with Crippen LogP contribution in [0.25, 0.3) is 16.4 Å².